The maximum Gasteiger partial charge on any atom is 0.0481 e. The Morgan fingerprint density at radius 3 is 2.57 bits per heavy atom. The second-order valence-corrected chi connectivity index (χ2v) is 4.05. The highest BCUT2D eigenvalue weighted by molar-refractivity contribution is 7.08. The van der Waals surface area contributed by atoms with Gasteiger partial charge in [0.25, 0.3) is 0 Å². The molecule has 0 spiro atoms. The SMILES string of the molecule is Cc1cscc1NCc1ccccc1. The average molecular weight is 203 g/mol. The van der Waals surface area contributed by atoms with Gasteiger partial charge < -0.3 is 5.32 Å². The van der Waals surface area contributed by atoms with Crippen molar-refractivity contribution in [2.75, 3.05) is 5.32 Å². The molecule has 0 unspecified atom stereocenters. The number of anilines is 1. The van der Waals surface area contributed by atoms with Crippen LogP contribution in [0.1, 0.15) is 11.1 Å². The van der Waals surface area contributed by atoms with Crippen molar-refractivity contribution in [3.63, 3.8) is 0 Å². The summed E-state index contributed by atoms with van der Waals surface area (Å²) < 4.78 is 0. The first-order valence-corrected chi connectivity index (χ1v) is 5.61. The maximum atomic E-state index is 3.42. The largest absolute Gasteiger partial charge is 0.380 e. The summed E-state index contributed by atoms with van der Waals surface area (Å²) in [7, 11) is 0. The van der Waals surface area contributed by atoms with E-state index >= 15 is 0 Å². The predicted octanol–water partition coefficient (Wildman–Crippen LogP) is 3.67. The van der Waals surface area contributed by atoms with Gasteiger partial charge in [0.1, 0.15) is 0 Å². The summed E-state index contributed by atoms with van der Waals surface area (Å²) in [6.45, 7) is 3.03. The third-order valence-corrected chi connectivity index (χ3v) is 3.04. The number of aryl methyl sites for hydroxylation is 1. The van der Waals surface area contributed by atoms with Crippen molar-refractivity contribution in [3.8, 4) is 0 Å². The Morgan fingerprint density at radius 2 is 1.93 bits per heavy atom. The van der Waals surface area contributed by atoms with Crippen LogP contribution in [0.2, 0.25) is 0 Å². The van der Waals surface area contributed by atoms with Gasteiger partial charge in [-0.2, -0.15) is 0 Å². The summed E-state index contributed by atoms with van der Waals surface area (Å²) >= 11 is 1.74. The zero-order valence-corrected chi connectivity index (χ0v) is 8.97. The summed E-state index contributed by atoms with van der Waals surface area (Å²) in [5, 5.41) is 7.73. The van der Waals surface area contributed by atoms with E-state index < -0.39 is 0 Å². The number of rotatable bonds is 3. The van der Waals surface area contributed by atoms with Crippen LogP contribution in [-0.4, -0.2) is 0 Å². The van der Waals surface area contributed by atoms with E-state index in [0.717, 1.165) is 6.54 Å². The zero-order valence-electron chi connectivity index (χ0n) is 8.16. The molecule has 2 heteroatoms. The van der Waals surface area contributed by atoms with Crippen LogP contribution in [0, 0.1) is 6.92 Å². The van der Waals surface area contributed by atoms with Crippen LogP contribution in [0.5, 0.6) is 0 Å². The first-order valence-electron chi connectivity index (χ1n) is 4.67. The highest BCUT2D eigenvalue weighted by Gasteiger charge is 1.97. The van der Waals surface area contributed by atoms with Gasteiger partial charge in [0, 0.05) is 17.6 Å². The van der Waals surface area contributed by atoms with E-state index in [-0.39, 0.29) is 0 Å². The first-order chi connectivity index (χ1) is 6.86. The topological polar surface area (TPSA) is 12.0 Å². The second-order valence-electron chi connectivity index (χ2n) is 3.31. The molecule has 72 valence electrons. The van der Waals surface area contributed by atoms with Gasteiger partial charge in [-0.25, -0.2) is 0 Å². The molecule has 2 rings (SSSR count). The lowest BCUT2D eigenvalue weighted by atomic mass is 10.2. The quantitative estimate of drug-likeness (QED) is 0.802. The molecule has 1 aromatic carbocycles. The molecule has 0 aliphatic heterocycles. The molecule has 0 aliphatic rings. The summed E-state index contributed by atoms with van der Waals surface area (Å²) in [4.78, 5) is 0. The van der Waals surface area contributed by atoms with Gasteiger partial charge in [-0.05, 0) is 23.4 Å². The van der Waals surface area contributed by atoms with E-state index in [1.54, 1.807) is 11.3 Å². The molecule has 1 nitrogen and oxygen atoms in total. The van der Waals surface area contributed by atoms with Crippen molar-refractivity contribution in [3.05, 3.63) is 52.2 Å². The minimum absolute atomic E-state index is 0.901. The van der Waals surface area contributed by atoms with E-state index in [1.165, 1.54) is 16.8 Å². The normalized spacial score (nSPS) is 10.1. The van der Waals surface area contributed by atoms with Crippen molar-refractivity contribution in [2.45, 2.75) is 13.5 Å². The second kappa shape index (κ2) is 4.29. The van der Waals surface area contributed by atoms with Gasteiger partial charge in [0.2, 0.25) is 0 Å². The lowest BCUT2D eigenvalue weighted by Crippen LogP contribution is -1.98. The predicted molar refractivity (Wildman–Crippen MR) is 62.8 cm³/mol. The zero-order chi connectivity index (χ0) is 9.80. The number of hydrogen-bond acceptors (Lipinski definition) is 2. The molecule has 0 aliphatic carbocycles. The van der Waals surface area contributed by atoms with Gasteiger partial charge in [0.05, 0.1) is 0 Å². The lowest BCUT2D eigenvalue weighted by molar-refractivity contribution is 1.15. The molecule has 1 N–H and O–H groups in total. The van der Waals surface area contributed by atoms with Crippen LogP contribution in [0.3, 0.4) is 0 Å². The van der Waals surface area contributed by atoms with Crippen molar-refractivity contribution in [1.82, 2.24) is 0 Å². The molecule has 0 fully saturated rings. The number of nitrogens with one attached hydrogen (secondary N) is 1. The molecule has 1 heterocycles. The van der Waals surface area contributed by atoms with Gasteiger partial charge in [-0.3, -0.25) is 0 Å². The number of benzene rings is 1. The standard InChI is InChI=1S/C12H13NS/c1-10-8-14-9-12(10)13-7-11-5-3-2-4-6-11/h2-6,8-9,13H,7H2,1H3. The van der Waals surface area contributed by atoms with Crippen LogP contribution in [-0.2, 0) is 6.54 Å². The summed E-state index contributed by atoms with van der Waals surface area (Å²) in [6, 6.07) is 10.4. The molecule has 0 amide bonds. The van der Waals surface area contributed by atoms with Crippen molar-refractivity contribution in [2.24, 2.45) is 0 Å². The Balaban J connectivity index is 1.99. The third-order valence-electron chi connectivity index (χ3n) is 2.18. The molecular weight excluding hydrogens is 190 g/mol. The molecule has 0 atom stereocenters. The summed E-state index contributed by atoms with van der Waals surface area (Å²) in [5.74, 6) is 0. The smallest absolute Gasteiger partial charge is 0.0481 e. The lowest BCUT2D eigenvalue weighted by Gasteiger charge is -2.05. The molecule has 1 aromatic heterocycles. The summed E-state index contributed by atoms with van der Waals surface area (Å²) in [5.41, 5.74) is 3.89. The van der Waals surface area contributed by atoms with Gasteiger partial charge in [-0.15, -0.1) is 11.3 Å². The Hall–Kier alpha value is -1.28. The molecule has 0 radical (unpaired) electrons. The Morgan fingerprint density at radius 1 is 1.14 bits per heavy atom. The molecule has 0 bridgehead atoms. The van der Waals surface area contributed by atoms with E-state index in [1.807, 2.05) is 6.07 Å². The maximum absolute atomic E-state index is 3.42. The van der Waals surface area contributed by atoms with Gasteiger partial charge in [-0.1, -0.05) is 30.3 Å². The van der Waals surface area contributed by atoms with Gasteiger partial charge >= 0.3 is 0 Å². The first kappa shape index (κ1) is 9.28. The fraction of sp³-hybridized carbons (Fsp3) is 0.167. The molecule has 0 saturated carbocycles. The fourth-order valence-electron chi connectivity index (χ4n) is 1.33. The van der Waals surface area contributed by atoms with E-state index in [0.29, 0.717) is 0 Å². The summed E-state index contributed by atoms with van der Waals surface area (Å²) in [6.07, 6.45) is 0. The number of hydrogen-bond donors (Lipinski definition) is 1. The highest BCUT2D eigenvalue weighted by Crippen LogP contribution is 2.19. The minimum Gasteiger partial charge on any atom is -0.380 e. The fourth-order valence-corrected chi connectivity index (χ4v) is 2.14. The van der Waals surface area contributed by atoms with Crippen LogP contribution in [0.25, 0.3) is 0 Å². The molecular formula is C12H13NS. The Bertz CT molecular complexity index is 392. The molecule has 2 aromatic rings. The van der Waals surface area contributed by atoms with Crippen LogP contribution in [0.4, 0.5) is 5.69 Å². The van der Waals surface area contributed by atoms with Crippen LogP contribution in [0.15, 0.2) is 41.1 Å². The van der Waals surface area contributed by atoms with E-state index in [9.17, 15) is 0 Å². The minimum atomic E-state index is 0.901. The van der Waals surface area contributed by atoms with Crippen LogP contribution >= 0.6 is 11.3 Å². The van der Waals surface area contributed by atoms with Crippen LogP contribution < -0.4 is 5.32 Å². The van der Waals surface area contributed by atoms with E-state index in [2.05, 4.69) is 47.3 Å². The average Bonchev–Trinajstić information content (AvgIpc) is 2.63. The molecule has 14 heavy (non-hydrogen) atoms. The van der Waals surface area contributed by atoms with E-state index in [4.69, 9.17) is 0 Å². The third kappa shape index (κ3) is 2.15. The van der Waals surface area contributed by atoms with Crippen molar-refractivity contribution in [1.29, 1.82) is 0 Å². The molecule has 0 saturated heterocycles. The van der Waals surface area contributed by atoms with Gasteiger partial charge in [0.15, 0.2) is 0 Å². The van der Waals surface area contributed by atoms with Crippen molar-refractivity contribution >= 4 is 17.0 Å². The monoisotopic (exact) mass is 203 g/mol. The Kier molecular flexibility index (Phi) is 2.84. The Labute approximate surface area is 88.4 Å². The highest BCUT2D eigenvalue weighted by atomic mass is 32.1. The van der Waals surface area contributed by atoms with Crippen molar-refractivity contribution < 1.29 is 0 Å². The number of thiophene rings is 1.